The first-order valence-electron chi connectivity index (χ1n) is 7.71. The van der Waals surface area contributed by atoms with E-state index in [0.29, 0.717) is 11.1 Å². The van der Waals surface area contributed by atoms with E-state index in [9.17, 15) is 9.59 Å². The summed E-state index contributed by atoms with van der Waals surface area (Å²) in [5, 5.41) is 0. The van der Waals surface area contributed by atoms with Crippen LogP contribution in [0.25, 0.3) is 11.1 Å². The van der Waals surface area contributed by atoms with E-state index in [-0.39, 0.29) is 13.2 Å². The van der Waals surface area contributed by atoms with Gasteiger partial charge in [0.05, 0.1) is 13.2 Å². The average Bonchev–Trinajstić information content (AvgIpc) is 2.87. The molecule has 4 nitrogen and oxygen atoms in total. The van der Waals surface area contributed by atoms with Crippen molar-refractivity contribution in [2.75, 3.05) is 13.2 Å². The molecule has 118 valence electrons. The van der Waals surface area contributed by atoms with Crippen LogP contribution in [0.1, 0.15) is 25.0 Å². The van der Waals surface area contributed by atoms with Crippen LogP contribution in [0.4, 0.5) is 0 Å². The number of esters is 2. The van der Waals surface area contributed by atoms with Crippen molar-refractivity contribution in [1.82, 2.24) is 0 Å². The molecule has 3 rings (SSSR count). The summed E-state index contributed by atoms with van der Waals surface area (Å²) in [6.45, 7) is 3.85. The molecule has 1 aliphatic carbocycles. The zero-order chi connectivity index (χ0) is 16.4. The summed E-state index contributed by atoms with van der Waals surface area (Å²) in [7, 11) is 0. The van der Waals surface area contributed by atoms with Crippen molar-refractivity contribution in [2.45, 2.75) is 19.3 Å². The van der Waals surface area contributed by atoms with Gasteiger partial charge in [-0.05, 0) is 36.1 Å². The van der Waals surface area contributed by atoms with Crippen LogP contribution >= 0.6 is 0 Å². The van der Waals surface area contributed by atoms with Crippen LogP contribution in [0, 0.1) is 0 Å². The second-order valence-electron chi connectivity index (χ2n) is 5.28. The number of ether oxygens (including phenoxy) is 2. The van der Waals surface area contributed by atoms with Crippen molar-refractivity contribution in [2.24, 2.45) is 0 Å². The summed E-state index contributed by atoms with van der Waals surface area (Å²) in [5.41, 5.74) is 1.43. The quantitative estimate of drug-likeness (QED) is 0.643. The van der Waals surface area contributed by atoms with E-state index in [4.69, 9.17) is 9.47 Å². The van der Waals surface area contributed by atoms with Crippen molar-refractivity contribution in [3.63, 3.8) is 0 Å². The lowest BCUT2D eigenvalue weighted by Crippen LogP contribution is -2.45. The van der Waals surface area contributed by atoms with Gasteiger partial charge in [0.2, 0.25) is 5.41 Å². The molecule has 0 spiro atoms. The first-order valence-corrected chi connectivity index (χ1v) is 7.71. The molecule has 4 heteroatoms. The number of carbonyl (C=O) groups is 2. The summed E-state index contributed by atoms with van der Waals surface area (Å²) >= 11 is 0. The SMILES string of the molecule is CCOC(=O)C1(C(=O)OCC)c2ccccc2-c2ccccc21. The first kappa shape index (κ1) is 15.3. The second kappa shape index (κ2) is 5.88. The largest absolute Gasteiger partial charge is 0.465 e. The third-order valence-corrected chi connectivity index (χ3v) is 4.12. The molecule has 0 fully saturated rings. The molecule has 0 unspecified atom stereocenters. The maximum Gasteiger partial charge on any atom is 0.332 e. The third-order valence-electron chi connectivity index (χ3n) is 4.12. The Labute approximate surface area is 135 Å². The van der Waals surface area contributed by atoms with Gasteiger partial charge in [0, 0.05) is 0 Å². The molecule has 0 radical (unpaired) electrons. The smallest absolute Gasteiger partial charge is 0.332 e. The van der Waals surface area contributed by atoms with Gasteiger partial charge in [0.25, 0.3) is 0 Å². The highest BCUT2D eigenvalue weighted by molar-refractivity contribution is 6.15. The van der Waals surface area contributed by atoms with Crippen LogP contribution in [-0.4, -0.2) is 25.2 Å². The van der Waals surface area contributed by atoms with E-state index in [0.717, 1.165) is 11.1 Å². The number of carbonyl (C=O) groups excluding carboxylic acids is 2. The Morgan fingerprint density at radius 2 is 1.17 bits per heavy atom. The third kappa shape index (κ3) is 2.05. The molecule has 2 aromatic rings. The number of rotatable bonds is 4. The minimum Gasteiger partial charge on any atom is -0.465 e. The van der Waals surface area contributed by atoms with Crippen LogP contribution < -0.4 is 0 Å². The summed E-state index contributed by atoms with van der Waals surface area (Å²) in [5.74, 6) is -1.17. The van der Waals surface area contributed by atoms with Crippen LogP contribution in [-0.2, 0) is 24.5 Å². The van der Waals surface area contributed by atoms with Crippen molar-refractivity contribution < 1.29 is 19.1 Å². The highest BCUT2D eigenvalue weighted by Gasteiger charge is 2.57. The molecule has 0 N–H and O–H groups in total. The number of hydrogen-bond acceptors (Lipinski definition) is 4. The molecule has 0 bridgehead atoms. The van der Waals surface area contributed by atoms with Crippen LogP contribution in [0.5, 0.6) is 0 Å². The maximum atomic E-state index is 12.9. The second-order valence-corrected chi connectivity index (χ2v) is 5.28. The molecule has 23 heavy (non-hydrogen) atoms. The van der Waals surface area contributed by atoms with Crippen molar-refractivity contribution in [1.29, 1.82) is 0 Å². The highest BCUT2D eigenvalue weighted by Crippen LogP contribution is 2.50. The average molecular weight is 310 g/mol. The first-order chi connectivity index (χ1) is 11.2. The van der Waals surface area contributed by atoms with Gasteiger partial charge in [-0.1, -0.05) is 48.5 Å². The Bertz CT molecular complexity index is 698. The lowest BCUT2D eigenvalue weighted by molar-refractivity contribution is -0.162. The molecule has 1 aliphatic rings. The van der Waals surface area contributed by atoms with Gasteiger partial charge in [-0.15, -0.1) is 0 Å². The summed E-state index contributed by atoms with van der Waals surface area (Å²) < 4.78 is 10.5. The fraction of sp³-hybridized carbons (Fsp3) is 0.263. The topological polar surface area (TPSA) is 52.6 Å². The Hall–Kier alpha value is -2.62. The molecule has 0 amide bonds. The summed E-state index contributed by atoms with van der Waals surface area (Å²) in [6, 6.07) is 14.8. The number of benzene rings is 2. The van der Waals surface area contributed by atoms with E-state index >= 15 is 0 Å². The zero-order valence-electron chi connectivity index (χ0n) is 13.2. The summed E-state index contributed by atoms with van der Waals surface area (Å²) in [4.78, 5) is 25.8. The minimum atomic E-state index is -1.54. The lowest BCUT2D eigenvalue weighted by Gasteiger charge is -2.27. The fourth-order valence-electron chi connectivity index (χ4n) is 3.24. The minimum absolute atomic E-state index is 0.199. The van der Waals surface area contributed by atoms with E-state index in [1.54, 1.807) is 26.0 Å². The van der Waals surface area contributed by atoms with Gasteiger partial charge in [0.15, 0.2) is 0 Å². The molecular weight excluding hydrogens is 292 g/mol. The van der Waals surface area contributed by atoms with E-state index in [2.05, 4.69) is 0 Å². The molecule has 0 heterocycles. The number of fused-ring (bicyclic) bond motifs is 3. The molecular formula is C19H18O4. The molecule has 0 saturated carbocycles. The Morgan fingerprint density at radius 3 is 1.57 bits per heavy atom. The van der Waals surface area contributed by atoms with Crippen molar-refractivity contribution >= 4 is 11.9 Å². The molecule has 2 aromatic carbocycles. The standard InChI is InChI=1S/C19H18O4/c1-3-22-17(20)19(18(21)23-4-2)15-11-7-5-9-13(15)14-10-6-8-12-16(14)19/h5-12H,3-4H2,1-2H3. The molecule has 0 aliphatic heterocycles. The Balaban J connectivity index is 2.34. The van der Waals surface area contributed by atoms with Gasteiger partial charge < -0.3 is 9.47 Å². The predicted molar refractivity (Wildman–Crippen MR) is 85.9 cm³/mol. The van der Waals surface area contributed by atoms with Crippen molar-refractivity contribution in [3.05, 3.63) is 59.7 Å². The summed E-state index contributed by atoms with van der Waals surface area (Å²) in [6.07, 6.45) is 0. The van der Waals surface area contributed by atoms with Gasteiger partial charge in [-0.2, -0.15) is 0 Å². The lowest BCUT2D eigenvalue weighted by atomic mass is 9.78. The maximum absolute atomic E-state index is 12.9. The van der Waals surface area contributed by atoms with Gasteiger partial charge >= 0.3 is 11.9 Å². The Kier molecular flexibility index (Phi) is 3.90. The highest BCUT2D eigenvalue weighted by atomic mass is 16.6. The van der Waals surface area contributed by atoms with Crippen molar-refractivity contribution in [3.8, 4) is 11.1 Å². The molecule has 0 aromatic heterocycles. The zero-order valence-corrected chi connectivity index (χ0v) is 13.2. The fourth-order valence-corrected chi connectivity index (χ4v) is 3.24. The van der Waals surface area contributed by atoms with E-state index in [1.165, 1.54) is 0 Å². The normalized spacial score (nSPS) is 13.8. The monoisotopic (exact) mass is 310 g/mol. The van der Waals surface area contributed by atoms with Crippen LogP contribution in [0.3, 0.4) is 0 Å². The molecule has 0 atom stereocenters. The van der Waals surface area contributed by atoms with Crippen LogP contribution in [0.15, 0.2) is 48.5 Å². The van der Waals surface area contributed by atoms with E-state index in [1.807, 2.05) is 36.4 Å². The van der Waals surface area contributed by atoms with E-state index < -0.39 is 17.4 Å². The molecule has 0 saturated heterocycles. The predicted octanol–water partition coefficient (Wildman–Crippen LogP) is 3.08. The van der Waals surface area contributed by atoms with Gasteiger partial charge in [-0.3, -0.25) is 9.59 Å². The van der Waals surface area contributed by atoms with Gasteiger partial charge in [-0.25, -0.2) is 0 Å². The van der Waals surface area contributed by atoms with Crippen LogP contribution in [0.2, 0.25) is 0 Å². The Morgan fingerprint density at radius 1 is 0.783 bits per heavy atom. The number of hydrogen-bond donors (Lipinski definition) is 0. The van der Waals surface area contributed by atoms with Gasteiger partial charge in [0.1, 0.15) is 0 Å².